The predicted octanol–water partition coefficient (Wildman–Crippen LogP) is 3.73. The van der Waals surface area contributed by atoms with Crippen molar-refractivity contribution < 1.29 is 14.3 Å². The summed E-state index contributed by atoms with van der Waals surface area (Å²) in [4.78, 5) is 38.4. The van der Waals surface area contributed by atoms with Crippen LogP contribution in [0.3, 0.4) is 0 Å². The molecule has 3 aromatic rings. The monoisotopic (exact) mass is 464 g/mol. The largest absolute Gasteiger partial charge is 0.370 e. The SMILES string of the molecule is CC(C)c1nc(C(=O)N2CC(=O)N(Cc3ccccc3)CC(OCc3cccnc3)C2)cs1. The van der Waals surface area contributed by atoms with Crippen molar-refractivity contribution in [3.63, 3.8) is 0 Å². The lowest BCUT2D eigenvalue weighted by atomic mass is 10.2. The first-order valence-corrected chi connectivity index (χ1v) is 11.9. The summed E-state index contributed by atoms with van der Waals surface area (Å²) in [6.45, 7) is 5.67. The van der Waals surface area contributed by atoms with E-state index in [2.05, 4.69) is 9.97 Å². The van der Waals surface area contributed by atoms with E-state index < -0.39 is 0 Å². The molecule has 33 heavy (non-hydrogen) atoms. The number of hydrogen-bond donors (Lipinski definition) is 0. The highest BCUT2D eigenvalue weighted by molar-refractivity contribution is 7.09. The van der Waals surface area contributed by atoms with Crippen LogP contribution in [0.2, 0.25) is 0 Å². The molecule has 1 atom stereocenters. The third-order valence-corrected chi connectivity index (χ3v) is 6.62. The van der Waals surface area contributed by atoms with Gasteiger partial charge in [-0.05, 0) is 17.2 Å². The number of pyridine rings is 1. The van der Waals surface area contributed by atoms with Gasteiger partial charge >= 0.3 is 0 Å². The van der Waals surface area contributed by atoms with E-state index in [1.807, 2.05) is 56.3 Å². The van der Waals surface area contributed by atoms with Crippen LogP contribution in [0.25, 0.3) is 0 Å². The molecule has 3 heterocycles. The predicted molar refractivity (Wildman–Crippen MR) is 127 cm³/mol. The molecule has 0 N–H and O–H groups in total. The van der Waals surface area contributed by atoms with Gasteiger partial charge in [-0.3, -0.25) is 14.6 Å². The molecule has 0 bridgehead atoms. The number of thiazole rings is 1. The minimum Gasteiger partial charge on any atom is -0.370 e. The first kappa shape index (κ1) is 23.1. The molecule has 1 unspecified atom stereocenters. The number of carbonyl (C=O) groups is 2. The second-order valence-corrected chi connectivity index (χ2v) is 9.36. The molecular weight excluding hydrogens is 436 g/mol. The van der Waals surface area contributed by atoms with Crippen molar-refractivity contribution in [2.45, 2.75) is 39.0 Å². The van der Waals surface area contributed by atoms with E-state index in [9.17, 15) is 9.59 Å². The van der Waals surface area contributed by atoms with Crippen LogP contribution in [0.4, 0.5) is 0 Å². The molecule has 4 rings (SSSR count). The van der Waals surface area contributed by atoms with E-state index in [0.717, 1.165) is 16.1 Å². The molecule has 0 saturated carbocycles. The Hall–Kier alpha value is -3.10. The van der Waals surface area contributed by atoms with Crippen LogP contribution < -0.4 is 0 Å². The maximum absolute atomic E-state index is 13.3. The lowest BCUT2D eigenvalue weighted by Gasteiger charge is -2.24. The lowest BCUT2D eigenvalue weighted by Crippen LogP contribution is -2.39. The Labute approximate surface area is 198 Å². The van der Waals surface area contributed by atoms with Gasteiger partial charge in [0.2, 0.25) is 5.91 Å². The van der Waals surface area contributed by atoms with Gasteiger partial charge in [-0.1, -0.05) is 50.2 Å². The third-order valence-electron chi connectivity index (χ3n) is 5.47. The first-order valence-electron chi connectivity index (χ1n) is 11.1. The van der Waals surface area contributed by atoms with Gasteiger partial charge in [0.25, 0.3) is 5.91 Å². The molecule has 2 aromatic heterocycles. The van der Waals surface area contributed by atoms with Gasteiger partial charge in [-0.15, -0.1) is 11.3 Å². The van der Waals surface area contributed by atoms with Crippen molar-refractivity contribution in [2.24, 2.45) is 0 Å². The molecule has 1 aliphatic heterocycles. The average Bonchev–Trinajstić information content (AvgIpc) is 3.27. The summed E-state index contributed by atoms with van der Waals surface area (Å²) < 4.78 is 6.18. The van der Waals surface area contributed by atoms with E-state index in [0.29, 0.717) is 31.9 Å². The Morgan fingerprint density at radius 3 is 2.64 bits per heavy atom. The van der Waals surface area contributed by atoms with Gasteiger partial charge in [-0.25, -0.2) is 4.98 Å². The van der Waals surface area contributed by atoms with Crippen LogP contribution >= 0.6 is 11.3 Å². The second kappa shape index (κ2) is 10.7. The van der Waals surface area contributed by atoms with Crippen molar-refractivity contribution in [1.29, 1.82) is 0 Å². The van der Waals surface area contributed by atoms with Gasteiger partial charge in [-0.2, -0.15) is 0 Å². The standard InChI is InChI=1S/C25H28N4O3S/c1-18(2)24-27-22(17-33-24)25(31)29-14-21(32-16-20-9-6-10-26-11-20)13-28(23(30)15-29)12-19-7-4-3-5-8-19/h3-11,17-18,21H,12-16H2,1-2H3. The number of hydrogen-bond acceptors (Lipinski definition) is 6. The van der Waals surface area contributed by atoms with Crippen molar-refractivity contribution in [2.75, 3.05) is 19.6 Å². The fourth-order valence-corrected chi connectivity index (χ4v) is 4.52. The van der Waals surface area contributed by atoms with E-state index >= 15 is 0 Å². The zero-order chi connectivity index (χ0) is 23.2. The molecule has 1 aromatic carbocycles. The van der Waals surface area contributed by atoms with Crippen molar-refractivity contribution in [3.8, 4) is 0 Å². The topological polar surface area (TPSA) is 75.6 Å². The molecule has 7 nitrogen and oxygen atoms in total. The first-order chi connectivity index (χ1) is 16.0. The molecule has 0 spiro atoms. The van der Waals surface area contributed by atoms with Crippen LogP contribution in [-0.2, 0) is 22.7 Å². The number of amides is 2. The molecule has 1 saturated heterocycles. The summed E-state index contributed by atoms with van der Waals surface area (Å²) in [7, 11) is 0. The summed E-state index contributed by atoms with van der Waals surface area (Å²) >= 11 is 1.47. The minimum atomic E-state index is -0.326. The van der Waals surface area contributed by atoms with Gasteiger partial charge in [0, 0.05) is 43.3 Å². The van der Waals surface area contributed by atoms with Crippen LogP contribution in [-0.4, -0.2) is 57.3 Å². The molecule has 1 fully saturated rings. The zero-order valence-corrected chi connectivity index (χ0v) is 19.7. The van der Waals surface area contributed by atoms with Gasteiger partial charge < -0.3 is 14.5 Å². The minimum absolute atomic E-state index is 0.00690. The van der Waals surface area contributed by atoms with Crippen LogP contribution in [0.15, 0.2) is 60.2 Å². The van der Waals surface area contributed by atoms with E-state index in [1.165, 1.54) is 11.3 Å². The lowest BCUT2D eigenvalue weighted by molar-refractivity contribution is -0.132. The van der Waals surface area contributed by atoms with Crippen LogP contribution in [0.5, 0.6) is 0 Å². The van der Waals surface area contributed by atoms with Crippen molar-refractivity contribution in [1.82, 2.24) is 19.8 Å². The van der Waals surface area contributed by atoms with Crippen molar-refractivity contribution in [3.05, 3.63) is 82.1 Å². The highest BCUT2D eigenvalue weighted by atomic mass is 32.1. The van der Waals surface area contributed by atoms with Gasteiger partial charge in [0.1, 0.15) is 12.2 Å². The number of ether oxygens (including phenoxy) is 1. The maximum Gasteiger partial charge on any atom is 0.273 e. The van der Waals surface area contributed by atoms with Gasteiger partial charge in [0.05, 0.1) is 17.7 Å². The molecule has 8 heteroatoms. The van der Waals surface area contributed by atoms with Gasteiger partial charge in [0.15, 0.2) is 0 Å². The smallest absolute Gasteiger partial charge is 0.273 e. The quantitative estimate of drug-likeness (QED) is 0.533. The van der Waals surface area contributed by atoms with Crippen molar-refractivity contribution >= 4 is 23.2 Å². The Morgan fingerprint density at radius 1 is 1.15 bits per heavy atom. The van der Waals surface area contributed by atoms with E-state index in [-0.39, 0.29) is 30.4 Å². The highest BCUT2D eigenvalue weighted by Crippen LogP contribution is 2.21. The summed E-state index contributed by atoms with van der Waals surface area (Å²) in [6.07, 6.45) is 3.15. The summed E-state index contributed by atoms with van der Waals surface area (Å²) in [5.74, 6) is -0.0822. The Balaban J connectivity index is 1.53. The maximum atomic E-state index is 13.3. The molecular formula is C25H28N4O3S. The zero-order valence-electron chi connectivity index (χ0n) is 18.9. The number of carbonyl (C=O) groups excluding carboxylic acids is 2. The van der Waals surface area contributed by atoms with E-state index in [4.69, 9.17) is 4.74 Å². The second-order valence-electron chi connectivity index (χ2n) is 8.47. The van der Waals surface area contributed by atoms with E-state index in [1.54, 1.807) is 27.6 Å². The fourth-order valence-electron chi connectivity index (χ4n) is 3.71. The molecule has 172 valence electrons. The summed E-state index contributed by atoms with van der Waals surface area (Å²) in [5, 5.41) is 2.69. The number of rotatable bonds is 7. The fraction of sp³-hybridized carbons (Fsp3) is 0.360. The third kappa shape index (κ3) is 6.03. The molecule has 0 radical (unpaired) electrons. The Morgan fingerprint density at radius 2 is 1.94 bits per heavy atom. The number of aromatic nitrogens is 2. The summed E-state index contributed by atoms with van der Waals surface area (Å²) in [5.41, 5.74) is 2.37. The molecule has 2 amide bonds. The number of nitrogens with zero attached hydrogens (tertiary/aromatic N) is 4. The van der Waals surface area contributed by atoms with Crippen LogP contribution in [0, 0.1) is 0 Å². The molecule has 1 aliphatic rings. The normalized spacial score (nSPS) is 16.8. The summed E-state index contributed by atoms with van der Waals surface area (Å²) in [6, 6.07) is 13.7. The number of benzene rings is 1. The Kier molecular flexibility index (Phi) is 7.47. The van der Waals surface area contributed by atoms with Crippen LogP contribution in [0.1, 0.15) is 46.4 Å². The average molecular weight is 465 g/mol. The Bertz CT molecular complexity index is 1070. The highest BCUT2D eigenvalue weighted by Gasteiger charge is 2.32. The molecule has 0 aliphatic carbocycles.